The molecule has 184 valence electrons. The second-order valence-electron chi connectivity index (χ2n) is 8.38. The first kappa shape index (κ1) is 25.4. The summed E-state index contributed by atoms with van der Waals surface area (Å²) < 4.78 is 26.5. The molecule has 1 aromatic rings. The van der Waals surface area contributed by atoms with Crippen molar-refractivity contribution in [3.8, 4) is 0 Å². The van der Waals surface area contributed by atoms with Gasteiger partial charge in [0.15, 0.2) is 0 Å². The summed E-state index contributed by atoms with van der Waals surface area (Å²) >= 11 is 0. The molecule has 2 amide bonds. The molecule has 0 saturated carbocycles. The molecule has 1 atom stereocenters. The van der Waals surface area contributed by atoms with Gasteiger partial charge in [0.25, 0.3) is 10.0 Å². The Kier molecular flexibility index (Phi) is 8.46. The van der Waals surface area contributed by atoms with Crippen molar-refractivity contribution in [2.24, 2.45) is 0 Å². The quantitative estimate of drug-likeness (QED) is 0.378. The van der Waals surface area contributed by atoms with E-state index in [1.54, 1.807) is 6.08 Å². The zero-order valence-electron chi connectivity index (χ0n) is 18.7. The molecule has 1 heterocycles. The van der Waals surface area contributed by atoms with Crippen LogP contribution in [0.4, 0.5) is 10.5 Å². The number of nitrogens with one attached hydrogen (secondary N) is 3. The maximum absolute atomic E-state index is 12.4. The smallest absolute Gasteiger partial charge is 0.333 e. The normalized spacial score (nSPS) is 18.9. The highest BCUT2D eigenvalue weighted by molar-refractivity contribution is 7.92. The Morgan fingerprint density at radius 3 is 2.03 bits per heavy atom. The van der Waals surface area contributed by atoms with E-state index in [-0.39, 0.29) is 6.04 Å². The molecule has 11 heteroatoms. The van der Waals surface area contributed by atoms with E-state index in [0.29, 0.717) is 12.2 Å². The van der Waals surface area contributed by atoms with Crippen molar-refractivity contribution in [2.75, 3.05) is 11.9 Å². The summed E-state index contributed by atoms with van der Waals surface area (Å²) in [6.45, 7) is 0.896. The Bertz CT molecular complexity index is 1070. The van der Waals surface area contributed by atoms with Crippen molar-refractivity contribution in [1.29, 1.82) is 0 Å². The Balaban J connectivity index is 0.000000350. The molecule has 1 aromatic carbocycles. The Morgan fingerprint density at radius 2 is 1.53 bits per heavy atom. The zero-order valence-corrected chi connectivity index (χ0v) is 19.5. The fourth-order valence-corrected chi connectivity index (χ4v) is 5.26. The number of urea groups is 1. The maximum atomic E-state index is 12.4. The van der Waals surface area contributed by atoms with Gasteiger partial charge in [0, 0.05) is 29.3 Å². The van der Waals surface area contributed by atoms with Crippen LogP contribution in [0.2, 0.25) is 0 Å². The van der Waals surface area contributed by atoms with Crippen LogP contribution in [-0.4, -0.2) is 49.2 Å². The molecular weight excluding hydrogens is 462 g/mol. The summed E-state index contributed by atoms with van der Waals surface area (Å²) in [4.78, 5) is 31.5. The lowest BCUT2D eigenvalue weighted by Gasteiger charge is -2.16. The van der Waals surface area contributed by atoms with Gasteiger partial charge in [-0.25, -0.2) is 27.5 Å². The lowest BCUT2D eigenvalue weighted by Crippen LogP contribution is -2.34. The van der Waals surface area contributed by atoms with E-state index >= 15 is 0 Å². The number of anilines is 1. The number of benzene rings is 1. The fourth-order valence-electron chi connectivity index (χ4n) is 4.49. The van der Waals surface area contributed by atoms with Gasteiger partial charge in [0.1, 0.15) is 0 Å². The number of hydrogen-bond donors (Lipinski definition) is 5. The van der Waals surface area contributed by atoms with Crippen LogP contribution in [0.25, 0.3) is 0 Å². The highest BCUT2D eigenvalue weighted by Gasteiger charge is 2.25. The van der Waals surface area contributed by atoms with Crippen molar-refractivity contribution in [3.63, 3.8) is 0 Å². The van der Waals surface area contributed by atoms with E-state index in [4.69, 9.17) is 10.2 Å². The molecule has 34 heavy (non-hydrogen) atoms. The van der Waals surface area contributed by atoms with Crippen LogP contribution in [-0.2, 0) is 45.3 Å². The molecule has 1 aliphatic heterocycles. The van der Waals surface area contributed by atoms with E-state index in [9.17, 15) is 22.8 Å². The van der Waals surface area contributed by atoms with Crippen LogP contribution in [0.1, 0.15) is 47.9 Å². The Hall–Kier alpha value is -3.18. The van der Waals surface area contributed by atoms with Crippen molar-refractivity contribution in [2.45, 2.75) is 57.4 Å². The highest BCUT2D eigenvalue weighted by atomic mass is 32.2. The molecule has 10 nitrogen and oxygen atoms in total. The molecule has 3 aliphatic rings. The SMILES string of the molecule is O=C(Nc1c2c(cc3c1CCC3)CCC2)NS(=O)(=O)/C=C/[C@H]1CCCN1.O=C(O)/C=C\C(=O)O. The number of hydrogen-bond acceptors (Lipinski definition) is 6. The number of fused-ring (bicyclic) bond motifs is 2. The number of aliphatic carboxylic acids is 2. The molecule has 1 saturated heterocycles. The molecule has 0 radical (unpaired) electrons. The number of carbonyl (C=O) groups is 3. The van der Waals surface area contributed by atoms with Crippen LogP contribution >= 0.6 is 0 Å². The van der Waals surface area contributed by atoms with E-state index in [1.807, 2.05) is 0 Å². The minimum atomic E-state index is -3.80. The van der Waals surface area contributed by atoms with Gasteiger partial charge in [0.05, 0.1) is 0 Å². The number of aryl methyl sites for hydroxylation is 2. The van der Waals surface area contributed by atoms with Gasteiger partial charge in [0.2, 0.25) is 0 Å². The molecule has 0 unspecified atom stereocenters. The standard InChI is InChI=1S/C19H25N3O3S.C4H4O4/c23-19(22-26(24,25)11-9-15-6-3-10-20-15)21-18-16-7-1-4-13(16)12-14-5-2-8-17(14)18;5-3(6)1-2-4(7)8/h9,11-12,15,20H,1-8,10H2,(H2,21,22,23);1-2H,(H,5,6)(H,7,8)/b11-9+;2-1-/t15-;/m1./s1. The average Bonchev–Trinajstić information content (AvgIpc) is 3.52. The molecular formula is C23H29N3O7S. The third kappa shape index (κ3) is 7.16. The second kappa shape index (κ2) is 11.3. The highest BCUT2D eigenvalue weighted by Crippen LogP contribution is 2.38. The van der Waals surface area contributed by atoms with Crippen LogP contribution in [0.5, 0.6) is 0 Å². The molecule has 4 rings (SSSR count). The lowest BCUT2D eigenvalue weighted by molar-refractivity contribution is -0.134. The van der Waals surface area contributed by atoms with Crippen molar-refractivity contribution < 1.29 is 33.0 Å². The maximum Gasteiger partial charge on any atom is 0.333 e. The topological polar surface area (TPSA) is 162 Å². The predicted molar refractivity (Wildman–Crippen MR) is 126 cm³/mol. The van der Waals surface area contributed by atoms with Gasteiger partial charge in [-0.05, 0) is 80.2 Å². The molecule has 0 bridgehead atoms. The largest absolute Gasteiger partial charge is 0.478 e. The van der Waals surface area contributed by atoms with E-state index < -0.39 is 28.0 Å². The number of carboxylic acids is 2. The third-order valence-electron chi connectivity index (χ3n) is 5.90. The fraction of sp³-hybridized carbons (Fsp3) is 0.435. The minimum absolute atomic E-state index is 0.0651. The first-order valence-electron chi connectivity index (χ1n) is 11.2. The summed E-state index contributed by atoms with van der Waals surface area (Å²) in [5.74, 6) is -2.51. The van der Waals surface area contributed by atoms with Gasteiger partial charge < -0.3 is 20.8 Å². The van der Waals surface area contributed by atoms with Crippen molar-refractivity contribution in [1.82, 2.24) is 10.0 Å². The van der Waals surface area contributed by atoms with Crippen molar-refractivity contribution >= 4 is 33.7 Å². The van der Waals surface area contributed by atoms with Gasteiger partial charge in [-0.2, -0.15) is 0 Å². The summed E-state index contributed by atoms with van der Waals surface area (Å²) in [5.41, 5.74) is 5.82. The molecule has 0 aromatic heterocycles. The number of rotatable bonds is 6. The van der Waals surface area contributed by atoms with Crippen molar-refractivity contribution in [3.05, 3.63) is 52.0 Å². The summed E-state index contributed by atoms with van der Waals surface area (Å²) in [5, 5.41) is 22.8. The third-order valence-corrected chi connectivity index (χ3v) is 6.89. The zero-order chi connectivity index (χ0) is 24.7. The first-order valence-corrected chi connectivity index (χ1v) is 12.7. The number of amides is 2. The van der Waals surface area contributed by atoms with Gasteiger partial charge >= 0.3 is 18.0 Å². The van der Waals surface area contributed by atoms with E-state index in [2.05, 4.69) is 21.4 Å². The molecule has 5 N–H and O–H groups in total. The minimum Gasteiger partial charge on any atom is -0.478 e. The van der Waals surface area contributed by atoms with Crippen LogP contribution < -0.4 is 15.4 Å². The summed E-state index contributed by atoms with van der Waals surface area (Å²) in [7, 11) is -3.80. The summed E-state index contributed by atoms with van der Waals surface area (Å²) in [6.07, 6.45) is 10.8. The molecule has 2 aliphatic carbocycles. The van der Waals surface area contributed by atoms with E-state index in [1.165, 1.54) is 22.3 Å². The second-order valence-corrected chi connectivity index (χ2v) is 9.94. The molecule has 1 fully saturated rings. The van der Waals surface area contributed by atoms with E-state index in [0.717, 1.165) is 69.0 Å². The molecule has 0 spiro atoms. The van der Waals surface area contributed by atoms with Crippen LogP contribution in [0.3, 0.4) is 0 Å². The first-order chi connectivity index (χ1) is 16.1. The Labute approximate surface area is 198 Å². The average molecular weight is 492 g/mol. The van der Waals surface area contributed by atoms with Gasteiger partial charge in [-0.3, -0.25) is 0 Å². The predicted octanol–water partition coefficient (Wildman–Crippen LogP) is 2.09. The number of carboxylic acid groups (broad SMARTS) is 2. The lowest BCUT2D eigenvalue weighted by atomic mass is 9.99. The van der Waals surface area contributed by atoms with Gasteiger partial charge in [-0.15, -0.1) is 0 Å². The number of sulfonamides is 1. The van der Waals surface area contributed by atoms with Crippen LogP contribution in [0.15, 0.2) is 29.7 Å². The monoisotopic (exact) mass is 491 g/mol. The Morgan fingerprint density at radius 1 is 0.941 bits per heavy atom. The van der Waals surface area contributed by atoms with Gasteiger partial charge in [-0.1, -0.05) is 12.1 Å². The number of carbonyl (C=O) groups excluding carboxylic acids is 1. The van der Waals surface area contributed by atoms with Crippen LogP contribution in [0, 0.1) is 0 Å². The summed E-state index contributed by atoms with van der Waals surface area (Å²) in [6, 6.07) is 1.67.